The van der Waals surface area contributed by atoms with Gasteiger partial charge in [-0.05, 0) is 37.1 Å². The Bertz CT molecular complexity index is 461. The van der Waals surface area contributed by atoms with Crippen LogP contribution < -0.4 is 4.74 Å². The predicted molar refractivity (Wildman–Crippen MR) is 58.0 cm³/mol. The van der Waals surface area contributed by atoms with Crippen molar-refractivity contribution >= 4 is 0 Å². The highest BCUT2D eigenvalue weighted by molar-refractivity contribution is 5.65. The largest absolute Gasteiger partial charge is 0.496 e. The van der Waals surface area contributed by atoms with Crippen LogP contribution >= 0.6 is 0 Å². The minimum Gasteiger partial charge on any atom is -0.496 e. The Kier molecular flexibility index (Phi) is 2.46. The monoisotopic (exact) mass is 203 g/mol. The van der Waals surface area contributed by atoms with E-state index in [0.29, 0.717) is 0 Å². The van der Waals surface area contributed by atoms with Crippen molar-refractivity contribution in [3.8, 4) is 17.1 Å². The van der Waals surface area contributed by atoms with Gasteiger partial charge in [-0.2, -0.15) is 0 Å². The van der Waals surface area contributed by atoms with Gasteiger partial charge in [0, 0.05) is 11.6 Å². The Morgan fingerprint density at radius 3 is 2.53 bits per heavy atom. The predicted octanol–water partition coefficient (Wildman–Crippen LogP) is 2.97. The fourth-order valence-corrected chi connectivity index (χ4v) is 1.64. The van der Waals surface area contributed by atoms with Gasteiger partial charge in [0.15, 0.2) is 5.76 Å². The molecule has 1 aromatic carbocycles. The number of nitrogens with zero attached hydrogens (tertiary/aromatic N) is 1. The van der Waals surface area contributed by atoms with Crippen molar-refractivity contribution in [2.75, 3.05) is 7.11 Å². The molecule has 3 heteroatoms. The summed E-state index contributed by atoms with van der Waals surface area (Å²) < 4.78 is 10.4. The summed E-state index contributed by atoms with van der Waals surface area (Å²) >= 11 is 0. The second-order valence-corrected chi connectivity index (χ2v) is 3.44. The average molecular weight is 203 g/mol. The maximum absolute atomic E-state index is 5.25. The van der Waals surface area contributed by atoms with E-state index in [-0.39, 0.29) is 0 Å². The molecule has 0 spiro atoms. The number of hydrogen-bond donors (Lipinski definition) is 0. The maximum atomic E-state index is 5.25. The first kappa shape index (κ1) is 9.77. The summed E-state index contributed by atoms with van der Waals surface area (Å²) in [6.07, 6.45) is 1.65. The Balaban J connectivity index is 2.56. The molecule has 0 aliphatic carbocycles. The van der Waals surface area contributed by atoms with Crippen LogP contribution in [-0.4, -0.2) is 12.3 Å². The Morgan fingerprint density at radius 1 is 1.13 bits per heavy atom. The molecule has 0 unspecified atom stereocenters. The summed E-state index contributed by atoms with van der Waals surface area (Å²) in [5, 5.41) is 3.71. The molecule has 15 heavy (non-hydrogen) atoms. The third kappa shape index (κ3) is 1.61. The molecular weight excluding hydrogens is 190 g/mol. The molecule has 0 radical (unpaired) electrons. The lowest BCUT2D eigenvalue weighted by Crippen LogP contribution is -1.92. The minimum absolute atomic E-state index is 0.790. The second-order valence-electron chi connectivity index (χ2n) is 3.44. The molecule has 2 rings (SSSR count). The van der Waals surface area contributed by atoms with E-state index >= 15 is 0 Å². The van der Waals surface area contributed by atoms with E-state index in [4.69, 9.17) is 9.26 Å². The molecule has 0 amide bonds. The van der Waals surface area contributed by atoms with Crippen LogP contribution in [0.4, 0.5) is 0 Å². The number of hydrogen-bond acceptors (Lipinski definition) is 3. The van der Waals surface area contributed by atoms with E-state index < -0.39 is 0 Å². The van der Waals surface area contributed by atoms with Crippen molar-refractivity contribution in [2.45, 2.75) is 13.8 Å². The van der Waals surface area contributed by atoms with Crippen molar-refractivity contribution < 1.29 is 9.26 Å². The van der Waals surface area contributed by atoms with Crippen LogP contribution in [0.5, 0.6) is 5.75 Å². The van der Waals surface area contributed by atoms with Gasteiger partial charge in [0.25, 0.3) is 0 Å². The van der Waals surface area contributed by atoms with Crippen LogP contribution in [0.3, 0.4) is 0 Å². The topological polar surface area (TPSA) is 35.3 Å². The molecule has 0 aliphatic heterocycles. The molecule has 3 nitrogen and oxygen atoms in total. The molecule has 1 aromatic heterocycles. The molecule has 0 bridgehead atoms. The fourth-order valence-electron chi connectivity index (χ4n) is 1.64. The second kappa shape index (κ2) is 3.77. The van der Waals surface area contributed by atoms with Crippen LogP contribution in [0.2, 0.25) is 0 Å². The molecule has 78 valence electrons. The highest BCUT2D eigenvalue weighted by Gasteiger charge is 2.10. The lowest BCUT2D eigenvalue weighted by atomic mass is 10.0. The van der Waals surface area contributed by atoms with E-state index in [1.54, 1.807) is 13.3 Å². The molecule has 1 heterocycles. The van der Waals surface area contributed by atoms with Gasteiger partial charge in [-0.25, -0.2) is 0 Å². The van der Waals surface area contributed by atoms with Gasteiger partial charge in [-0.1, -0.05) is 5.16 Å². The van der Waals surface area contributed by atoms with Gasteiger partial charge < -0.3 is 9.26 Å². The lowest BCUT2D eigenvalue weighted by Gasteiger charge is -2.10. The van der Waals surface area contributed by atoms with Crippen molar-refractivity contribution in [1.82, 2.24) is 5.16 Å². The third-order valence-corrected chi connectivity index (χ3v) is 2.66. The summed E-state index contributed by atoms with van der Waals surface area (Å²) in [5.74, 6) is 1.69. The standard InChI is InChI=1S/C12H13NO2/c1-8-9(2)11(14-3)5-4-10(8)12-6-7-13-15-12/h4-7H,1-3H3. The zero-order valence-corrected chi connectivity index (χ0v) is 9.07. The van der Waals surface area contributed by atoms with Crippen molar-refractivity contribution in [2.24, 2.45) is 0 Å². The van der Waals surface area contributed by atoms with Crippen LogP contribution in [0.1, 0.15) is 11.1 Å². The summed E-state index contributed by atoms with van der Waals surface area (Å²) in [6, 6.07) is 5.79. The van der Waals surface area contributed by atoms with Crippen LogP contribution in [-0.2, 0) is 0 Å². The van der Waals surface area contributed by atoms with Gasteiger partial charge in [-0.15, -0.1) is 0 Å². The lowest BCUT2D eigenvalue weighted by molar-refractivity contribution is 0.411. The number of aromatic nitrogens is 1. The number of rotatable bonds is 2. The summed E-state index contributed by atoms with van der Waals surface area (Å²) in [6.45, 7) is 4.09. The summed E-state index contributed by atoms with van der Waals surface area (Å²) in [4.78, 5) is 0. The SMILES string of the molecule is COc1ccc(-c2ccno2)c(C)c1C. The Hall–Kier alpha value is -1.77. The van der Waals surface area contributed by atoms with Crippen molar-refractivity contribution in [1.29, 1.82) is 0 Å². The van der Waals surface area contributed by atoms with E-state index in [2.05, 4.69) is 12.1 Å². The molecule has 0 fully saturated rings. The number of methoxy groups -OCH3 is 1. The zero-order valence-electron chi connectivity index (χ0n) is 9.07. The van der Waals surface area contributed by atoms with Gasteiger partial charge in [0.2, 0.25) is 0 Å². The minimum atomic E-state index is 0.790. The number of benzene rings is 1. The number of ether oxygens (including phenoxy) is 1. The highest BCUT2D eigenvalue weighted by Crippen LogP contribution is 2.30. The third-order valence-electron chi connectivity index (χ3n) is 2.66. The Morgan fingerprint density at radius 2 is 1.93 bits per heavy atom. The highest BCUT2D eigenvalue weighted by atomic mass is 16.5. The summed E-state index contributed by atoms with van der Waals surface area (Å²) in [5.41, 5.74) is 3.35. The normalized spacial score (nSPS) is 10.3. The van der Waals surface area contributed by atoms with Crippen LogP contribution in [0, 0.1) is 13.8 Å². The quantitative estimate of drug-likeness (QED) is 0.752. The summed E-state index contributed by atoms with van der Waals surface area (Å²) in [7, 11) is 1.68. The van der Waals surface area contributed by atoms with Gasteiger partial charge >= 0.3 is 0 Å². The first-order valence-corrected chi connectivity index (χ1v) is 4.79. The van der Waals surface area contributed by atoms with E-state index in [0.717, 1.165) is 28.2 Å². The van der Waals surface area contributed by atoms with Crippen molar-refractivity contribution in [3.63, 3.8) is 0 Å². The smallest absolute Gasteiger partial charge is 0.167 e. The molecule has 2 aromatic rings. The van der Waals surface area contributed by atoms with Crippen LogP contribution in [0.25, 0.3) is 11.3 Å². The molecule has 0 N–H and O–H groups in total. The van der Waals surface area contributed by atoms with E-state index in [1.165, 1.54) is 0 Å². The van der Waals surface area contributed by atoms with Gasteiger partial charge in [-0.3, -0.25) is 0 Å². The molecule has 0 atom stereocenters. The van der Waals surface area contributed by atoms with E-state index in [1.807, 2.05) is 25.1 Å². The first-order chi connectivity index (χ1) is 7.24. The maximum Gasteiger partial charge on any atom is 0.167 e. The van der Waals surface area contributed by atoms with E-state index in [9.17, 15) is 0 Å². The molecular formula is C12H13NO2. The Labute approximate surface area is 88.7 Å². The zero-order chi connectivity index (χ0) is 10.8. The molecule has 0 saturated heterocycles. The average Bonchev–Trinajstić information content (AvgIpc) is 2.75. The van der Waals surface area contributed by atoms with Gasteiger partial charge in [0.1, 0.15) is 5.75 Å². The van der Waals surface area contributed by atoms with Crippen molar-refractivity contribution in [3.05, 3.63) is 35.5 Å². The first-order valence-electron chi connectivity index (χ1n) is 4.79. The molecule has 0 saturated carbocycles. The van der Waals surface area contributed by atoms with Crippen LogP contribution in [0.15, 0.2) is 28.9 Å². The van der Waals surface area contributed by atoms with Gasteiger partial charge in [0.05, 0.1) is 13.3 Å². The molecule has 0 aliphatic rings. The fraction of sp³-hybridized carbons (Fsp3) is 0.250.